The maximum Gasteiger partial charge on any atom is 0.340 e. The lowest BCUT2D eigenvalue weighted by Crippen LogP contribution is -2.33. The molecule has 3 aliphatic rings. The first-order chi connectivity index (χ1) is 16.0. The van der Waals surface area contributed by atoms with Crippen LogP contribution < -0.4 is 9.64 Å². The van der Waals surface area contributed by atoms with Crippen LogP contribution in [-0.2, 0) is 17.6 Å². The SMILES string of the molecule is BC1=CC2c3c(C#N)c(C(=O)OCC)c4c(c3N(CC)C2C=C1)CCc1cc(OC)ccc1-4. The van der Waals surface area contributed by atoms with E-state index < -0.39 is 5.97 Å². The van der Waals surface area contributed by atoms with Crippen molar-refractivity contribution in [3.8, 4) is 22.9 Å². The van der Waals surface area contributed by atoms with Crippen LogP contribution in [-0.4, -0.2) is 40.1 Å². The summed E-state index contributed by atoms with van der Waals surface area (Å²) in [4.78, 5) is 15.8. The van der Waals surface area contributed by atoms with Crippen LogP contribution in [0.1, 0.15) is 52.4 Å². The Morgan fingerprint density at radius 3 is 2.82 bits per heavy atom. The number of likely N-dealkylation sites (N-methyl/N-ethyl adjacent to an activating group) is 1. The first-order valence-electron chi connectivity index (χ1n) is 11.6. The first kappa shape index (κ1) is 21.4. The van der Waals surface area contributed by atoms with Crippen molar-refractivity contribution < 1.29 is 14.3 Å². The fourth-order valence-electron chi connectivity index (χ4n) is 5.81. The zero-order valence-electron chi connectivity index (χ0n) is 19.6. The Kier molecular flexibility index (Phi) is 5.28. The minimum atomic E-state index is -0.421. The number of aryl methyl sites for hydroxylation is 1. The average molecular weight is 438 g/mol. The summed E-state index contributed by atoms with van der Waals surface area (Å²) in [6.07, 6.45) is 8.30. The van der Waals surface area contributed by atoms with Crippen LogP contribution >= 0.6 is 0 Å². The molecule has 1 heterocycles. The van der Waals surface area contributed by atoms with Crippen molar-refractivity contribution in [3.05, 3.63) is 69.7 Å². The molecule has 2 aromatic carbocycles. The highest BCUT2D eigenvalue weighted by Gasteiger charge is 2.44. The summed E-state index contributed by atoms with van der Waals surface area (Å²) in [6.45, 7) is 5.05. The monoisotopic (exact) mass is 438 g/mol. The van der Waals surface area contributed by atoms with Crippen molar-refractivity contribution in [1.29, 1.82) is 5.26 Å². The highest BCUT2D eigenvalue weighted by Crippen LogP contribution is 2.53. The predicted octanol–water partition coefficient (Wildman–Crippen LogP) is 3.89. The Hall–Kier alpha value is -3.46. The largest absolute Gasteiger partial charge is 0.497 e. The number of hydrogen-bond acceptors (Lipinski definition) is 5. The van der Waals surface area contributed by atoms with E-state index in [-0.39, 0.29) is 18.6 Å². The van der Waals surface area contributed by atoms with Gasteiger partial charge in [0.15, 0.2) is 0 Å². The minimum Gasteiger partial charge on any atom is -0.497 e. The molecule has 0 amide bonds. The van der Waals surface area contributed by atoms with Gasteiger partial charge in [0.25, 0.3) is 0 Å². The fourth-order valence-corrected chi connectivity index (χ4v) is 5.81. The highest BCUT2D eigenvalue weighted by molar-refractivity contribution is 6.23. The summed E-state index contributed by atoms with van der Waals surface area (Å²) in [5.74, 6) is 0.425. The van der Waals surface area contributed by atoms with E-state index in [0.29, 0.717) is 11.1 Å². The van der Waals surface area contributed by atoms with Gasteiger partial charge >= 0.3 is 5.97 Å². The van der Waals surface area contributed by atoms with Crippen LogP contribution in [0.25, 0.3) is 11.1 Å². The molecule has 0 fully saturated rings. The van der Waals surface area contributed by atoms with E-state index in [4.69, 9.17) is 9.47 Å². The van der Waals surface area contributed by atoms with Crippen molar-refractivity contribution >= 4 is 19.5 Å². The number of ether oxygens (including phenoxy) is 2. The van der Waals surface area contributed by atoms with E-state index in [1.165, 1.54) is 5.47 Å². The van der Waals surface area contributed by atoms with Gasteiger partial charge in [-0.2, -0.15) is 5.26 Å². The summed E-state index contributed by atoms with van der Waals surface area (Å²) >= 11 is 0. The van der Waals surface area contributed by atoms with Gasteiger partial charge in [-0.1, -0.05) is 29.8 Å². The number of esters is 1. The van der Waals surface area contributed by atoms with Crippen molar-refractivity contribution in [3.63, 3.8) is 0 Å². The summed E-state index contributed by atoms with van der Waals surface area (Å²) in [5.41, 5.74) is 8.29. The molecule has 0 N–H and O–H groups in total. The Balaban J connectivity index is 1.88. The molecule has 0 spiro atoms. The third-order valence-electron chi connectivity index (χ3n) is 7.12. The highest BCUT2D eigenvalue weighted by atomic mass is 16.5. The molecule has 33 heavy (non-hydrogen) atoms. The number of anilines is 1. The quantitative estimate of drug-likeness (QED) is 0.536. The van der Waals surface area contributed by atoms with E-state index in [2.05, 4.69) is 44.0 Å². The zero-order valence-corrected chi connectivity index (χ0v) is 19.6. The number of benzene rings is 2. The van der Waals surface area contributed by atoms with Gasteiger partial charge < -0.3 is 14.4 Å². The Morgan fingerprint density at radius 1 is 1.30 bits per heavy atom. The van der Waals surface area contributed by atoms with Crippen LogP contribution in [0, 0.1) is 11.3 Å². The Labute approximate surface area is 195 Å². The van der Waals surface area contributed by atoms with E-state index >= 15 is 0 Å². The number of rotatable bonds is 4. The Morgan fingerprint density at radius 2 is 2.12 bits per heavy atom. The second-order valence-electron chi connectivity index (χ2n) is 8.79. The zero-order chi connectivity index (χ0) is 23.3. The van der Waals surface area contributed by atoms with Gasteiger partial charge in [0.2, 0.25) is 0 Å². The van der Waals surface area contributed by atoms with E-state index in [1.807, 2.05) is 18.2 Å². The second-order valence-corrected chi connectivity index (χ2v) is 8.79. The van der Waals surface area contributed by atoms with E-state index in [1.54, 1.807) is 14.0 Å². The summed E-state index contributed by atoms with van der Waals surface area (Å²) in [5, 5.41) is 10.4. The Bertz CT molecular complexity index is 1270. The number of fused-ring (bicyclic) bond motifs is 7. The molecular formula is C27H27BN2O3. The van der Waals surface area contributed by atoms with Gasteiger partial charge in [0, 0.05) is 29.3 Å². The molecule has 0 saturated carbocycles. The fraction of sp³-hybridized carbons (Fsp3) is 0.333. The normalized spacial score (nSPS) is 19.6. The molecule has 5 nitrogen and oxygen atoms in total. The van der Waals surface area contributed by atoms with Gasteiger partial charge in [0.05, 0.1) is 30.9 Å². The molecule has 0 radical (unpaired) electrons. The smallest absolute Gasteiger partial charge is 0.340 e. The molecule has 6 heteroatoms. The molecule has 0 saturated heterocycles. The number of nitriles is 1. The van der Waals surface area contributed by atoms with Crippen LogP contribution in [0.2, 0.25) is 0 Å². The van der Waals surface area contributed by atoms with Crippen LogP contribution in [0.15, 0.2) is 41.9 Å². The molecule has 2 atom stereocenters. The van der Waals surface area contributed by atoms with Crippen molar-refractivity contribution in [2.24, 2.45) is 0 Å². The number of carbonyl (C=O) groups is 1. The third-order valence-corrected chi connectivity index (χ3v) is 7.12. The number of allylic oxidation sites excluding steroid dienone is 2. The summed E-state index contributed by atoms with van der Waals surface area (Å²) < 4.78 is 11.0. The minimum absolute atomic E-state index is 0.0512. The molecule has 2 aliphatic carbocycles. The number of methoxy groups -OCH3 is 1. The topological polar surface area (TPSA) is 62.6 Å². The lowest BCUT2D eigenvalue weighted by molar-refractivity contribution is 0.0526. The van der Waals surface area contributed by atoms with E-state index in [9.17, 15) is 10.1 Å². The predicted molar refractivity (Wildman–Crippen MR) is 132 cm³/mol. The van der Waals surface area contributed by atoms with Crippen LogP contribution in [0.3, 0.4) is 0 Å². The van der Waals surface area contributed by atoms with Crippen LogP contribution in [0.4, 0.5) is 5.69 Å². The number of carbonyl (C=O) groups excluding carboxylic acids is 1. The van der Waals surface area contributed by atoms with Gasteiger partial charge in [-0.05, 0) is 55.5 Å². The van der Waals surface area contributed by atoms with Gasteiger partial charge in [-0.15, -0.1) is 0 Å². The van der Waals surface area contributed by atoms with Crippen molar-refractivity contribution in [2.45, 2.75) is 38.6 Å². The molecule has 5 rings (SSSR count). The van der Waals surface area contributed by atoms with Gasteiger partial charge in [-0.3, -0.25) is 0 Å². The first-order valence-corrected chi connectivity index (χ1v) is 11.6. The third kappa shape index (κ3) is 3.10. The number of nitrogens with zero attached hydrogens (tertiary/aromatic N) is 2. The summed E-state index contributed by atoms with van der Waals surface area (Å²) in [6, 6.07) is 8.56. The van der Waals surface area contributed by atoms with Gasteiger partial charge in [0.1, 0.15) is 19.7 Å². The second kappa shape index (κ2) is 8.15. The summed E-state index contributed by atoms with van der Waals surface area (Å²) in [7, 11) is 3.74. The molecule has 166 valence electrons. The molecule has 0 bridgehead atoms. The average Bonchev–Trinajstić information content (AvgIpc) is 3.15. The van der Waals surface area contributed by atoms with Gasteiger partial charge in [-0.25, -0.2) is 4.79 Å². The molecule has 2 unspecified atom stereocenters. The maximum atomic E-state index is 13.4. The molecule has 0 aromatic heterocycles. The van der Waals surface area contributed by atoms with E-state index in [0.717, 1.165) is 58.6 Å². The maximum absolute atomic E-state index is 13.4. The molecule has 1 aliphatic heterocycles. The standard InChI is InChI=1S/C27H27BN2O3/c1-4-30-22-11-7-16(28)13-20(22)24-21(14-29)25(27(31)33-5-2)23-18-10-8-17(32-3)12-15(18)6-9-19(23)26(24)30/h7-8,10-13,20,22H,4-6,9,28H2,1-3H3. The lowest BCUT2D eigenvalue weighted by atomic mass is 9.75. The molecular weight excluding hydrogens is 411 g/mol. The van der Waals surface area contributed by atoms with Crippen molar-refractivity contribution in [1.82, 2.24) is 0 Å². The molecule has 2 aromatic rings. The number of hydrogen-bond donors (Lipinski definition) is 0. The van der Waals surface area contributed by atoms with Crippen molar-refractivity contribution in [2.75, 3.05) is 25.2 Å². The lowest BCUT2D eigenvalue weighted by Gasteiger charge is -2.31. The van der Waals surface area contributed by atoms with Crippen LogP contribution in [0.5, 0.6) is 5.75 Å².